The fraction of sp³-hybridized carbons (Fsp3) is 0.0625. The van der Waals surface area contributed by atoms with Crippen LogP contribution in [0.4, 0.5) is 0 Å². The van der Waals surface area contributed by atoms with Crippen molar-refractivity contribution in [3.63, 3.8) is 0 Å². The van der Waals surface area contributed by atoms with Crippen LogP contribution >= 0.6 is 0 Å². The van der Waals surface area contributed by atoms with Gasteiger partial charge in [-0.3, -0.25) is 14.8 Å². The van der Waals surface area contributed by atoms with Crippen LogP contribution < -0.4 is 4.74 Å². The van der Waals surface area contributed by atoms with Gasteiger partial charge in [-0.25, -0.2) is 0 Å². The number of para-hydroxylation sites is 1. The molecule has 4 nitrogen and oxygen atoms in total. The molecule has 2 aromatic heterocycles. The molecule has 0 atom stereocenters. The molecule has 0 amide bonds. The summed E-state index contributed by atoms with van der Waals surface area (Å²) in [6.07, 6.45) is 4.79. The molecule has 0 radical (unpaired) electrons. The Kier molecular flexibility index (Phi) is 3.13. The normalized spacial score (nSPS) is 10.4. The molecule has 0 aliphatic heterocycles. The molecular formula is C16H12N2O2. The summed E-state index contributed by atoms with van der Waals surface area (Å²) in [4.78, 5) is 21.0. The summed E-state index contributed by atoms with van der Waals surface area (Å²) < 4.78 is 5.20. The van der Waals surface area contributed by atoms with E-state index in [1.54, 1.807) is 24.5 Å². The van der Waals surface area contributed by atoms with Gasteiger partial charge in [0.05, 0.1) is 24.4 Å². The van der Waals surface area contributed by atoms with Gasteiger partial charge in [0.2, 0.25) is 0 Å². The van der Waals surface area contributed by atoms with E-state index >= 15 is 0 Å². The summed E-state index contributed by atoms with van der Waals surface area (Å²) in [6.45, 7) is 0. The van der Waals surface area contributed by atoms with Crippen LogP contribution in [0.1, 0.15) is 15.9 Å². The molecule has 0 spiro atoms. The van der Waals surface area contributed by atoms with Crippen molar-refractivity contribution in [3.05, 3.63) is 66.1 Å². The molecule has 3 rings (SSSR count). The molecule has 0 aliphatic rings. The minimum absolute atomic E-state index is 0.117. The van der Waals surface area contributed by atoms with Crippen LogP contribution in [0.25, 0.3) is 10.9 Å². The standard InChI is InChI=1S/C16H12N2O2/c1-20-14-10-17-9-7-12(14)16(19)13-6-2-4-11-5-3-8-18-15(11)13/h2-10H,1H3. The fourth-order valence-corrected chi connectivity index (χ4v) is 2.16. The number of rotatable bonds is 3. The second-order valence-electron chi connectivity index (χ2n) is 4.29. The molecular weight excluding hydrogens is 252 g/mol. The van der Waals surface area contributed by atoms with Crippen molar-refractivity contribution < 1.29 is 9.53 Å². The molecule has 2 heterocycles. The van der Waals surface area contributed by atoms with Crippen molar-refractivity contribution in [1.29, 1.82) is 0 Å². The maximum atomic E-state index is 12.7. The van der Waals surface area contributed by atoms with Gasteiger partial charge in [-0.15, -0.1) is 0 Å². The lowest BCUT2D eigenvalue weighted by atomic mass is 10.0. The van der Waals surface area contributed by atoms with E-state index in [4.69, 9.17) is 4.74 Å². The molecule has 0 bridgehead atoms. The van der Waals surface area contributed by atoms with Crippen LogP contribution in [0.5, 0.6) is 5.75 Å². The predicted molar refractivity (Wildman–Crippen MR) is 76.0 cm³/mol. The summed E-state index contributed by atoms with van der Waals surface area (Å²) in [5.41, 5.74) is 1.74. The van der Waals surface area contributed by atoms with Crippen molar-refractivity contribution in [1.82, 2.24) is 9.97 Å². The monoisotopic (exact) mass is 264 g/mol. The number of ether oxygens (including phenoxy) is 1. The van der Waals surface area contributed by atoms with Gasteiger partial charge in [0.25, 0.3) is 0 Å². The maximum Gasteiger partial charge on any atom is 0.199 e. The highest BCUT2D eigenvalue weighted by atomic mass is 16.5. The van der Waals surface area contributed by atoms with Gasteiger partial charge in [-0.2, -0.15) is 0 Å². The first-order chi connectivity index (χ1) is 9.81. The van der Waals surface area contributed by atoms with Gasteiger partial charge in [-0.05, 0) is 18.2 Å². The van der Waals surface area contributed by atoms with E-state index < -0.39 is 0 Å². The molecule has 3 aromatic rings. The zero-order chi connectivity index (χ0) is 13.9. The number of benzene rings is 1. The first kappa shape index (κ1) is 12.3. The molecule has 20 heavy (non-hydrogen) atoms. The quantitative estimate of drug-likeness (QED) is 0.682. The highest BCUT2D eigenvalue weighted by Crippen LogP contribution is 2.23. The number of methoxy groups -OCH3 is 1. The SMILES string of the molecule is COc1cnccc1C(=O)c1cccc2cccnc12. The van der Waals surface area contributed by atoms with Gasteiger partial charge in [0.1, 0.15) is 5.75 Å². The van der Waals surface area contributed by atoms with Crippen LogP contribution in [0.3, 0.4) is 0 Å². The lowest BCUT2D eigenvalue weighted by Gasteiger charge is -2.08. The van der Waals surface area contributed by atoms with Crippen LogP contribution in [0.15, 0.2) is 55.0 Å². The average molecular weight is 264 g/mol. The molecule has 0 fully saturated rings. The lowest BCUT2D eigenvalue weighted by molar-refractivity contribution is 0.103. The number of carbonyl (C=O) groups is 1. The van der Waals surface area contributed by atoms with Gasteiger partial charge in [-0.1, -0.05) is 18.2 Å². The highest BCUT2D eigenvalue weighted by molar-refractivity contribution is 6.16. The predicted octanol–water partition coefficient (Wildman–Crippen LogP) is 2.87. The van der Waals surface area contributed by atoms with Crippen molar-refractivity contribution in [2.24, 2.45) is 0 Å². The zero-order valence-electron chi connectivity index (χ0n) is 10.9. The summed E-state index contributed by atoms with van der Waals surface area (Å²) in [5, 5.41) is 0.936. The molecule has 0 aliphatic carbocycles. The first-order valence-corrected chi connectivity index (χ1v) is 6.17. The van der Waals surface area contributed by atoms with Crippen molar-refractivity contribution in [2.75, 3.05) is 7.11 Å². The number of fused-ring (bicyclic) bond motifs is 1. The Bertz CT molecular complexity index is 779. The minimum atomic E-state index is -0.117. The van der Waals surface area contributed by atoms with E-state index in [0.717, 1.165) is 5.39 Å². The topological polar surface area (TPSA) is 52.1 Å². The number of hydrogen-bond acceptors (Lipinski definition) is 4. The molecule has 1 aromatic carbocycles. The van der Waals surface area contributed by atoms with Crippen LogP contribution in [-0.4, -0.2) is 22.9 Å². The molecule has 0 saturated carbocycles. The van der Waals surface area contributed by atoms with Crippen molar-refractivity contribution in [2.45, 2.75) is 0 Å². The third kappa shape index (κ3) is 2.01. The summed E-state index contributed by atoms with van der Waals surface area (Å²) >= 11 is 0. The smallest absolute Gasteiger partial charge is 0.199 e. The number of hydrogen-bond donors (Lipinski definition) is 0. The van der Waals surface area contributed by atoms with Gasteiger partial charge < -0.3 is 4.74 Å². The van der Waals surface area contributed by atoms with E-state index in [0.29, 0.717) is 22.4 Å². The largest absolute Gasteiger partial charge is 0.494 e. The van der Waals surface area contributed by atoms with Gasteiger partial charge >= 0.3 is 0 Å². The number of aromatic nitrogens is 2. The minimum Gasteiger partial charge on any atom is -0.494 e. The van der Waals surface area contributed by atoms with Gasteiger partial charge in [0.15, 0.2) is 5.78 Å². The summed E-state index contributed by atoms with van der Waals surface area (Å²) in [7, 11) is 1.52. The Morgan fingerprint density at radius 3 is 2.75 bits per heavy atom. The summed E-state index contributed by atoms with van der Waals surface area (Å²) in [5.74, 6) is 0.346. The van der Waals surface area contributed by atoms with Gasteiger partial charge in [0, 0.05) is 23.3 Å². The van der Waals surface area contributed by atoms with Crippen molar-refractivity contribution in [3.8, 4) is 5.75 Å². The zero-order valence-corrected chi connectivity index (χ0v) is 10.9. The average Bonchev–Trinajstić information content (AvgIpc) is 2.53. The second kappa shape index (κ2) is 5.09. The molecule has 98 valence electrons. The Hall–Kier alpha value is -2.75. The Labute approximate surface area is 116 Å². The number of carbonyl (C=O) groups excluding carboxylic acids is 1. The number of nitrogens with zero attached hydrogens (tertiary/aromatic N) is 2. The number of ketones is 1. The van der Waals surface area contributed by atoms with Crippen LogP contribution in [0.2, 0.25) is 0 Å². The highest BCUT2D eigenvalue weighted by Gasteiger charge is 2.17. The van der Waals surface area contributed by atoms with E-state index in [-0.39, 0.29) is 5.78 Å². The second-order valence-corrected chi connectivity index (χ2v) is 4.29. The maximum absolute atomic E-state index is 12.7. The van der Waals surface area contributed by atoms with E-state index in [1.165, 1.54) is 13.3 Å². The fourth-order valence-electron chi connectivity index (χ4n) is 2.16. The molecule has 0 unspecified atom stereocenters. The third-order valence-corrected chi connectivity index (χ3v) is 3.13. The van der Waals surface area contributed by atoms with Crippen LogP contribution in [0, 0.1) is 0 Å². The Balaban J connectivity index is 2.18. The first-order valence-electron chi connectivity index (χ1n) is 6.17. The van der Waals surface area contributed by atoms with Crippen molar-refractivity contribution >= 4 is 16.7 Å². The van der Waals surface area contributed by atoms with Crippen LogP contribution in [-0.2, 0) is 0 Å². The van der Waals surface area contributed by atoms with E-state index in [9.17, 15) is 4.79 Å². The molecule has 0 saturated heterocycles. The molecule has 0 N–H and O–H groups in total. The lowest BCUT2D eigenvalue weighted by Crippen LogP contribution is -2.05. The Morgan fingerprint density at radius 1 is 1.05 bits per heavy atom. The molecule has 4 heteroatoms. The van der Waals surface area contributed by atoms with E-state index in [1.807, 2.05) is 24.3 Å². The summed E-state index contributed by atoms with van der Waals surface area (Å²) in [6, 6.07) is 11.0. The third-order valence-electron chi connectivity index (χ3n) is 3.13. The van der Waals surface area contributed by atoms with E-state index in [2.05, 4.69) is 9.97 Å². The Morgan fingerprint density at radius 2 is 1.90 bits per heavy atom. The number of pyridine rings is 2.